The number of amides is 1. The van der Waals surface area contributed by atoms with Gasteiger partial charge in [0.05, 0.1) is 17.3 Å². The third-order valence-electron chi connectivity index (χ3n) is 5.11. The van der Waals surface area contributed by atoms with Crippen molar-refractivity contribution in [3.05, 3.63) is 83.1 Å². The number of hydrogen-bond donors (Lipinski definition) is 1. The predicted octanol–water partition coefficient (Wildman–Crippen LogP) is 5.37. The monoisotopic (exact) mass is 408 g/mol. The van der Waals surface area contributed by atoms with Gasteiger partial charge in [-0.25, -0.2) is 8.78 Å². The molecule has 154 valence electrons. The minimum atomic E-state index is -0.676. The zero-order valence-electron chi connectivity index (χ0n) is 17.0. The average Bonchev–Trinajstić information content (AvgIpc) is 2.67. The minimum Gasteiger partial charge on any atom is -0.487 e. The van der Waals surface area contributed by atoms with Gasteiger partial charge in [0.15, 0.2) is 0 Å². The van der Waals surface area contributed by atoms with Crippen molar-refractivity contribution in [2.24, 2.45) is 0 Å². The van der Waals surface area contributed by atoms with Crippen LogP contribution in [0.3, 0.4) is 0 Å². The van der Waals surface area contributed by atoms with E-state index in [-0.39, 0.29) is 11.9 Å². The second-order valence-electron chi connectivity index (χ2n) is 8.22. The molecule has 0 fully saturated rings. The highest BCUT2D eigenvalue weighted by atomic mass is 19.1. The number of benzene rings is 2. The third-order valence-corrected chi connectivity index (χ3v) is 5.11. The summed E-state index contributed by atoms with van der Waals surface area (Å²) in [6.07, 6.45) is 2.04. The molecule has 1 unspecified atom stereocenters. The molecule has 0 spiro atoms. The zero-order chi connectivity index (χ0) is 21.5. The lowest BCUT2D eigenvalue weighted by molar-refractivity contribution is 0.0619. The Balaban J connectivity index is 1.56. The lowest BCUT2D eigenvalue weighted by atomic mass is 9.89. The van der Waals surface area contributed by atoms with Crippen LogP contribution in [0.15, 0.2) is 54.7 Å². The molecule has 1 aliphatic heterocycles. The highest BCUT2D eigenvalue weighted by Gasteiger charge is 2.34. The van der Waals surface area contributed by atoms with Gasteiger partial charge in [0, 0.05) is 29.8 Å². The molecule has 1 amide bonds. The van der Waals surface area contributed by atoms with Crippen molar-refractivity contribution >= 4 is 5.91 Å². The van der Waals surface area contributed by atoms with Gasteiger partial charge in [-0.05, 0) is 51.1 Å². The van der Waals surface area contributed by atoms with Crippen LogP contribution in [-0.2, 0) is 0 Å². The van der Waals surface area contributed by atoms with Gasteiger partial charge in [-0.2, -0.15) is 0 Å². The molecule has 1 aliphatic rings. The normalized spacial score (nSPS) is 17.0. The summed E-state index contributed by atoms with van der Waals surface area (Å²) in [6.45, 7) is 5.98. The summed E-state index contributed by atoms with van der Waals surface area (Å²) >= 11 is 0. The highest BCUT2D eigenvalue weighted by Crippen LogP contribution is 2.40. The van der Waals surface area contributed by atoms with Crippen LogP contribution in [0.25, 0.3) is 11.3 Å². The molecule has 0 radical (unpaired) electrons. The van der Waals surface area contributed by atoms with Gasteiger partial charge >= 0.3 is 0 Å². The lowest BCUT2D eigenvalue weighted by Gasteiger charge is -2.38. The first kappa shape index (κ1) is 20.0. The van der Waals surface area contributed by atoms with Gasteiger partial charge in [-0.15, -0.1) is 0 Å². The number of pyridine rings is 1. The summed E-state index contributed by atoms with van der Waals surface area (Å²) in [6, 6.07) is 12.1. The van der Waals surface area contributed by atoms with Gasteiger partial charge < -0.3 is 10.1 Å². The summed E-state index contributed by atoms with van der Waals surface area (Å²) in [5, 5.41) is 3.07. The van der Waals surface area contributed by atoms with E-state index >= 15 is 0 Å². The van der Waals surface area contributed by atoms with E-state index in [9.17, 15) is 13.6 Å². The topological polar surface area (TPSA) is 51.2 Å². The fourth-order valence-electron chi connectivity index (χ4n) is 3.75. The maximum Gasteiger partial charge on any atom is 0.253 e. The van der Waals surface area contributed by atoms with Crippen molar-refractivity contribution in [3.8, 4) is 17.0 Å². The second-order valence-corrected chi connectivity index (χ2v) is 8.22. The molecule has 2 heterocycles. The average molecular weight is 408 g/mol. The molecule has 2 aromatic carbocycles. The number of aromatic nitrogens is 1. The molecule has 1 N–H and O–H groups in total. The first-order chi connectivity index (χ1) is 14.2. The summed E-state index contributed by atoms with van der Waals surface area (Å²) in [4.78, 5) is 17.1. The van der Waals surface area contributed by atoms with Crippen LogP contribution < -0.4 is 10.1 Å². The number of ether oxygens (including phenoxy) is 1. The maximum atomic E-state index is 13.5. The number of halogens is 2. The molecule has 30 heavy (non-hydrogen) atoms. The van der Waals surface area contributed by atoms with Gasteiger partial charge in [0.2, 0.25) is 0 Å². The highest BCUT2D eigenvalue weighted by molar-refractivity contribution is 5.94. The molecule has 4 nitrogen and oxygen atoms in total. The lowest BCUT2D eigenvalue weighted by Crippen LogP contribution is -2.41. The van der Waals surface area contributed by atoms with Crippen molar-refractivity contribution in [1.29, 1.82) is 0 Å². The van der Waals surface area contributed by atoms with Crippen molar-refractivity contribution in [1.82, 2.24) is 10.3 Å². The SMILES string of the molecule is Cc1ccc2c(c1)C(NC(=O)c1ccc(-c3cc(F)cc(F)c3)nc1)CC(C)(C)O2. The fraction of sp³-hybridized carbons (Fsp3) is 0.250. The summed E-state index contributed by atoms with van der Waals surface area (Å²) in [5.41, 5.74) is 2.69. The van der Waals surface area contributed by atoms with Gasteiger partial charge in [0.1, 0.15) is 23.0 Å². The quantitative estimate of drug-likeness (QED) is 0.634. The Bertz CT molecular complexity index is 1090. The number of carbonyl (C=O) groups is 1. The van der Waals surface area contributed by atoms with E-state index in [1.54, 1.807) is 12.1 Å². The summed E-state index contributed by atoms with van der Waals surface area (Å²) in [7, 11) is 0. The van der Waals surface area contributed by atoms with Gasteiger partial charge in [-0.1, -0.05) is 17.7 Å². The molecule has 0 aliphatic carbocycles. The molecule has 6 heteroatoms. The van der Waals surface area contributed by atoms with E-state index in [4.69, 9.17) is 4.74 Å². The molecule has 0 saturated heterocycles. The van der Waals surface area contributed by atoms with E-state index in [0.717, 1.165) is 22.9 Å². The van der Waals surface area contributed by atoms with Crippen LogP contribution in [-0.4, -0.2) is 16.5 Å². The maximum absolute atomic E-state index is 13.5. The Morgan fingerprint density at radius 2 is 1.83 bits per heavy atom. The fourth-order valence-corrected chi connectivity index (χ4v) is 3.75. The summed E-state index contributed by atoms with van der Waals surface area (Å²) < 4.78 is 33.0. The minimum absolute atomic E-state index is 0.201. The van der Waals surface area contributed by atoms with E-state index in [0.29, 0.717) is 23.2 Å². The largest absolute Gasteiger partial charge is 0.487 e. The number of carbonyl (C=O) groups excluding carboxylic acids is 1. The number of aryl methyl sites for hydroxylation is 1. The van der Waals surface area contributed by atoms with Crippen LogP contribution in [0, 0.1) is 18.6 Å². The Labute approximate surface area is 173 Å². The molecule has 1 aromatic heterocycles. The first-order valence-corrected chi connectivity index (χ1v) is 9.73. The number of nitrogens with zero attached hydrogens (tertiary/aromatic N) is 1. The molecule has 1 atom stereocenters. The molecule has 4 rings (SSSR count). The Hall–Kier alpha value is -3.28. The Kier molecular flexibility index (Phi) is 5.02. The van der Waals surface area contributed by atoms with Crippen molar-refractivity contribution in [2.45, 2.75) is 38.8 Å². The Morgan fingerprint density at radius 1 is 1.10 bits per heavy atom. The van der Waals surface area contributed by atoms with Crippen LogP contribution in [0.5, 0.6) is 5.75 Å². The molecule has 0 bridgehead atoms. The van der Waals surface area contributed by atoms with Crippen LogP contribution >= 0.6 is 0 Å². The van der Waals surface area contributed by atoms with Crippen LogP contribution in [0.4, 0.5) is 8.78 Å². The Morgan fingerprint density at radius 3 is 2.50 bits per heavy atom. The number of hydrogen-bond acceptors (Lipinski definition) is 3. The van der Waals surface area contributed by atoms with Crippen molar-refractivity contribution in [3.63, 3.8) is 0 Å². The smallest absolute Gasteiger partial charge is 0.253 e. The van der Waals surface area contributed by atoms with Crippen LogP contribution in [0.1, 0.15) is 47.8 Å². The molecular weight excluding hydrogens is 386 g/mol. The molecule has 0 saturated carbocycles. The van der Waals surface area contributed by atoms with Gasteiger partial charge in [0.25, 0.3) is 5.91 Å². The van der Waals surface area contributed by atoms with Crippen molar-refractivity contribution < 1.29 is 18.3 Å². The number of nitrogens with one attached hydrogen (secondary N) is 1. The number of fused-ring (bicyclic) bond motifs is 1. The summed E-state index contributed by atoms with van der Waals surface area (Å²) in [5.74, 6) is -0.854. The predicted molar refractivity (Wildman–Crippen MR) is 110 cm³/mol. The first-order valence-electron chi connectivity index (χ1n) is 9.73. The molecule has 3 aromatic rings. The zero-order valence-corrected chi connectivity index (χ0v) is 17.0. The van der Waals surface area contributed by atoms with E-state index in [1.807, 2.05) is 39.0 Å². The van der Waals surface area contributed by atoms with E-state index < -0.39 is 17.2 Å². The third kappa shape index (κ3) is 4.17. The van der Waals surface area contributed by atoms with Crippen LogP contribution in [0.2, 0.25) is 0 Å². The standard InChI is InChI=1S/C24H22F2N2O2/c1-14-4-7-22-19(8-14)21(12-24(2,3)30-22)28-23(29)15-5-6-20(27-13-15)16-9-17(25)11-18(26)10-16/h4-11,13,21H,12H2,1-3H3,(H,28,29). The molecular formula is C24H22F2N2O2. The second kappa shape index (κ2) is 7.52. The van der Waals surface area contributed by atoms with E-state index in [1.165, 1.54) is 18.3 Å². The number of rotatable bonds is 3. The van der Waals surface area contributed by atoms with Gasteiger partial charge in [-0.3, -0.25) is 9.78 Å². The van der Waals surface area contributed by atoms with E-state index in [2.05, 4.69) is 10.3 Å². The van der Waals surface area contributed by atoms with Crippen molar-refractivity contribution in [2.75, 3.05) is 0 Å².